The summed E-state index contributed by atoms with van der Waals surface area (Å²) in [5.74, 6) is 0.764. The fraction of sp³-hybridized carbons (Fsp3) is 0.224. The average Bonchev–Trinajstić information content (AvgIpc) is 3.93. The number of furan rings is 2. The molecule has 0 unspecified atom stereocenters. The van der Waals surface area contributed by atoms with Crippen LogP contribution in [-0.2, 0) is 10.8 Å². The van der Waals surface area contributed by atoms with E-state index >= 15 is 0 Å². The smallest absolute Gasteiger partial charge is 0.159 e. The van der Waals surface area contributed by atoms with Crippen molar-refractivity contribution >= 4 is 110 Å². The first-order valence-corrected chi connectivity index (χ1v) is 25.5. The van der Waals surface area contributed by atoms with E-state index < -0.39 is 0 Å². The number of anilines is 6. The predicted octanol–water partition coefficient (Wildman–Crippen LogP) is 20.5. The molecule has 0 bridgehead atoms. The van der Waals surface area contributed by atoms with Crippen LogP contribution in [0.2, 0.25) is 0 Å². The molecule has 4 heteroatoms. The summed E-state index contributed by atoms with van der Waals surface area (Å²) in [6, 6.07) is 61.3. The molecule has 4 nitrogen and oxygen atoms in total. The molecule has 0 fully saturated rings. The van der Waals surface area contributed by atoms with E-state index in [0.717, 1.165) is 88.8 Å². The first-order valence-electron chi connectivity index (χ1n) is 25.5. The van der Waals surface area contributed by atoms with Crippen LogP contribution in [0.25, 0.3) is 76.2 Å². The second kappa shape index (κ2) is 16.2. The Morgan fingerprint density at radius 3 is 1.13 bits per heavy atom. The van der Waals surface area contributed by atoms with Gasteiger partial charge in [-0.1, -0.05) is 191 Å². The molecule has 0 spiro atoms. The molecule has 2 heterocycles. The van der Waals surface area contributed by atoms with Gasteiger partial charge < -0.3 is 18.6 Å². The molecule has 0 aliphatic rings. The highest BCUT2D eigenvalue weighted by atomic mass is 16.3. The molecule has 352 valence electrons. The molecule has 12 aromatic rings. The maximum absolute atomic E-state index is 7.26. The Hall–Kier alpha value is -7.56. The van der Waals surface area contributed by atoms with Crippen LogP contribution in [0.5, 0.6) is 0 Å². The highest BCUT2D eigenvalue weighted by molar-refractivity contribution is 6.29. The van der Waals surface area contributed by atoms with Crippen molar-refractivity contribution in [2.45, 2.75) is 98.8 Å². The predicted molar refractivity (Wildman–Crippen MR) is 304 cm³/mol. The van der Waals surface area contributed by atoms with Crippen molar-refractivity contribution in [3.05, 3.63) is 192 Å². The molecule has 0 N–H and O–H groups in total. The van der Waals surface area contributed by atoms with Crippen LogP contribution in [-0.4, -0.2) is 0 Å². The second-order valence-electron chi connectivity index (χ2n) is 22.6. The molecule has 0 saturated heterocycles. The quantitative estimate of drug-likeness (QED) is 0.142. The van der Waals surface area contributed by atoms with E-state index in [9.17, 15) is 0 Å². The van der Waals surface area contributed by atoms with E-state index in [4.69, 9.17) is 8.83 Å². The third-order valence-corrected chi connectivity index (χ3v) is 15.0. The lowest BCUT2D eigenvalue weighted by molar-refractivity contribution is 0.572. The average molecular weight is 927 g/mol. The van der Waals surface area contributed by atoms with Gasteiger partial charge in [0.05, 0.1) is 22.7 Å². The normalized spacial score (nSPS) is 12.7. The van der Waals surface area contributed by atoms with E-state index in [2.05, 4.69) is 250 Å². The molecule has 12 rings (SSSR count). The Kier molecular flexibility index (Phi) is 10.2. The van der Waals surface area contributed by atoms with Crippen molar-refractivity contribution in [3.8, 4) is 0 Å². The van der Waals surface area contributed by atoms with Gasteiger partial charge in [-0.15, -0.1) is 0 Å². The van der Waals surface area contributed by atoms with Crippen molar-refractivity contribution in [2.24, 2.45) is 0 Å². The molecule has 10 aromatic carbocycles. The first-order chi connectivity index (χ1) is 34.0. The fourth-order valence-corrected chi connectivity index (χ4v) is 11.4. The van der Waals surface area contributed by atoms with Gasteiger partial charge in [0.25, 0.3) is 0 Å². The maximum Gasteiger partial charge on any atom is 0.159 e. The van der Waals surface area contributed by atoms with Crippen LogP contribution >= 0.6 is 0 Å². The zero-order valence-electron chi connectivity index (χ0n) is 43.0. The molecular formula is C67H62N2O2. The van der Waals surface area contributed by atoms with Crippen molar-refractivity contribution < 1.29 is 8.83 Å². The van der Waals surface area contributed by atoms with Crippen molar-refractivity contribution in [1.82, 2.24) is 0 Å². The Morgan fingerprint density at radius 2 is 0.746 bits per heavy atom. The molecule has 2 aromatic heterocycles. The molecule has 0 atom stereocenters. The number of hydrogen-bond acceptors (Lipinski definition) is 4. The van der Waals surface area contributed by atoms with E-state index in [-0.39, 0.29) is 10.8 Å². The lowest BCUT2D eigenvalue weighted by atomic mass is 9.86. The summed E-state index contributed by atoms with van der Waals surface area (Å²) in [5.41, 5.74) is 15.8. The monoisotopic (exact) mass is 926 g/mol. The summed E-state index contributed by atoms with van der Waals surface area (Å²) in [5, 5.41) is 11.7. The van der Waals surface area contributed by atoms with Gasteiger partial charge in [0.2, 0.25) is 0 Å². The van der Waals surface area contributed by atoms with E-state index in [1.54, 1.807) is 0 Å². The molecule has 0 aliphatic heterocycles. The van der Waals surface area contributed by atoms with Crippen LogP contribution in [0.15, 0.2) is 173 Å². The van der Waals surface area contributed by atoms with E-state index in [1.165, 1.54) is 49.4 Å². The fourth-order valence-electron chi connectivity index (χ4n) is 11.4. The van der Waals surface area contributed by atoms with Crippen LogP contribution < -0.4 is 9.80 Å². The Balaban J connectivity index is 1.23. The van der Waals surface area contributed by atoms with Gasteiger partial charge in [-0.25, -0.2) is 0 Å². The van der Waals surface area contributed by atoms with Gasteiger partial charge >= 0.3 is 0 Å². The summed E-state index contributed by atoms with van der Waals surface area (Å²) in [4.78, 5) is 4.92. The van der Waals surface area contributed by atoms with Crippen LogP contribution in [0.4, 0.5) is 34.1 Å². The molecular weight excluding hydrogens is 865 g/mol. The zero-order chi connectivity index (χ0) is 49.2. The van der Waals surface area contributed by atoms with Crippen LogP contribution in [0, 0.1) is 6.92 Å². The molecule has 0 saturated carbocycles. The van der Waals surface area contributed by atoms with E-state index in [0.29, 0.717) is 11.8 Å². The number of rotatable bonds is 8. The molecule has 0 radical (unpaired) electrons. The number of hydrogen-bond donors (Lipinski definition) is 0. The highest BCUT2D eigenvalue weighted by Crippen LogP contribution is 2.53. The topological polar surface area (TPSA) is 32.8 Å². The van der Waals surface area contributed by atoms with Gasteiger partial charge in [0.15, 0.2) is 11.2 Å². The van der Waals surface area contributed by atoms with Crippen LogP contribution in [0.3, 0.4) is 0 Å². The minimum Gasteiger partial charge on any atom is -0.454 e. The highest BCUT2D eigenvalue weighted by Gasteiger charge is 2.30. The summed E-state index contributed by atoms with van der Waals surface area (Å²) in [7, 11) is 0. The van der Waals surface area contributed by atoms with Crippen molar-refractivity contribution in [1.29, 1.82) is 0 Å². The van der Waals surface area contributed by atoms with Crippen molar-refractivity contribution in [3.63, 3.8) is 0 Å². The number of para-hydroxylation sites is 4. The molecule has 71 heavy (non-hydrogen) atoms. The number of aryl methyl sites for hydroxylation is 1. The SMILES string of the molecule is Cc1cc2ccc3c(N(c4ccc(C(C)C)cc4)c4cccc5c4oc4c(C(C)(C)C)cccc45)cc(N(c4ccc(C(C)C)cc4)c4cccc5c4oc4c(C(C)(C)C)cccc45)c4ccc(c1)c2c34. The third-order valence-electron chi connectivity index (χ3n) is 15.0. The van der Waals surface area contributed by atoms with Crippen LogP contribution in [0.1, 0.15) is 109 Å². The Morgan fingerprint density at radius 1 is 0.366 bits per heavy atom. The first kappa shape index (κ1) is 44.6. The number of nitrogens with zero attached hydrogens (tertiary/aromatic N) is 2. The summed E-state index contributed by atoms with van der Waals surface area (Å²) >= 11 is 0. The minimum atomic E-state index is -0.118. The maximum atomic E-state index is 7.26. The van der Waals surface area contributed by atoms with Gasteiger partial charge in [-0.3, -0.25) is 0 Å². The van der Waals surface area contributed by atoms with Gasteiger partial charge in [0.1, 0.15) is 11.2 Å². The summed E-state index contributed by atoms with van der Waals surface area (Å²) < 4.78 is 14.5. The minimum absolute atomic E-state index is 0.118. The van der Waals surface area contributed by atoms with Crippen molar-refractivity contribution in [2.75, 3.05) is 9.80 Å². The van der Waals surface area contributed by atoms with Gasteiger partial charge in [0, 0.05) is 60.2 Å². The Labute approximate surface area is 417 Å². The lowest BCUT2D eigenvalue weighted by Crippen LogP contribution is -2.15. The van der Waals surface area contributed by atoms with Gasteiger partial charge in [-0.05, 0) is 105 Å². The molecule has 0 aliphatic carbocycles. The zero-order valence-corrected chi connectivity index (χ0v) is 43.0. The third kappa shape index (κ3) is 7.16. The standard InChI is InChI=1S/C67H62N2O2/c1-39(2)42-24-30-46(31-25-42)68(56-22-14-18-50-48-16-12-20-54(66(6,7)8)62(48)70-64(50)56)58-38-59(53-35-29-45-37-41(5)36-44-28-34-52(58)61(53)60(44)45)69(47-32-26-43(27-33-47)40(3)4)57-23-15-19-51-49-17-13-21-55(67(9,10)11)63(49)71-65(51)57/h12-40H,1-11H3. The lowest BCUT2D eigenvalue weighted by Gasteiger charge is -2.32. The van der Waals surface area contributed by atoms with Gasteiger partial charge in [-0.2, -0.15) is 0 Å². The number of fused-ring (bicyclic) bond motifs is 6. The van der Waals surface area contributed by atoms with E-state index in [1.807, 2.05) is 0 Å². The second-order valence-corrected chi connectivity index (χ2v) is 22.6. The Bertz CT molecular complexity index is 3770. The largest absolute Gasteiger partial charge is 0.454 e. The molecule has 0 amide bonds. The number of benzene rings is 10. The summed E-state index contributed by atoms with van der Waals surface area (Å²) in [6.45, 7) is 24.9. The summed E-state index contributed by atoms with van der Waals surface area (Å²) in [6.07, 6.45) is 0.